The van der Waals surface area contributed by atoms with Gasteiger partial charge >= 0.3 is 5.97 Å². The van der Waals surface area contributed by atoms with Gasteiger partial charge in [-0.15, -0.1) is 0 Å². The molecule has 0 radical (unpaired) electrons. The molecule has 114 valence electrons. The third-order valence-electron chi connectivity index (χ3n) is 3.03. The van der Waals surface area contributed by atoms with Crippen LogP contribution in [0.1, 0.15) is 11.1 Å². The second-order valence-corrected chi connectivity index (χ2v) is 4.55. The molecule has 2 rings (SSSR count). The summed E-state index contributed by atoms with van der Waals surface area (Å²) in [7, 11) is 2.75. The SMILES string of the molecule is COC(=O)/C(=C/c1ccc(OCc2ccccc2)cc1)OC. The van der Waals surface area contributed by atoms with Gasteiger partial charge in [0.25, 0.3) is 0 Å². The number of carbonyl (C=O) groups excluding carboxylic acids is 1. The summed E-state index contributed by atoms with van der Waals surface area (Å²) in [5, 5.41) is 0. The number of esters is 1. The lowest BCUT2D eigenvalue weighted by Crippen LogP contribution is -2.06. The first-order valence-corrected chi connectivity index (χ1v) is 6.83. The number of carbonyl (C=O) groups is 1. The number of methoxy groups -OCH3 is 2. The molecule has 0 spiro atoms. The van der Waals surface area contributed by atoms with Crippen LogP contribution in [0, 0.1) is 0 Å². The van der Waals surface area contributed by atoms with Crippen molar-refractivity contribution in [1.29, 1.82) is 0 Å². The molecule has 0 saturated heterocycles. The molecule has 0 aliphatic rings. The van der Waals surface area contributed by atoms with E-state index in [2.05, 4.69) is 4.74 Å². The zero-order valence-electron chi connectivity index (χ0n) is 12.6. The van der Waals surface area contributed by atoms with E-state index in [4.69, 9.17) is 9.47 Å². The molecular weight excluding hydrogens is 280 g/mol. The number of hydrogen-bond donors (Lipinski definition) is 0. The molecule has 0 bridgehead atoms. The van der Waals surface area contributed by atoms with Gasteiger partial charge in [-0.3, -0.25) is 0 Å². The second-order valence-electron chi connectivity index (χ2n) is 4.55. The van der Waals surface area contributed by atoms with E-state index in [1.807, 2.05) is 54.6 Å². The van der Waals surface area contributed by atoms with E-state index in [-0.39, 0.29) is 5.76 Å². The molecule has 0 unspecified atom stereocenters. The quantitative estimate of drug-likeness (QED) is 0.465. The van der Waals surface area contributed by atoms with Gasteiger partial charge in [0.15, 0.2) is 0 Å². The van der Waals surface area contributed by atoms with E-state index in [1.54, 1.807) is 6.08 Å². The van der Waals surface area contributed by atoms with Crippen LogP contribution in [0.25, 0.3) is 6.08 Å². The summed E-state index contributed by atoms with van der Waals surface area (Å²) < 4.78 is 15.3. The molecule has 4 nitrogen and oxygen atoms in total. The molecule has 0 aromatic heterocycles. The van der Waals surface area contributed by atoms with Crippen molar-refractivity contribution in [3.05, 3.63) is 71.5 Å². The summed E-state index contributed by atoms with van der Waals surface area (Å²) in [4.78, 5) is 11.4. The molecule has 0 atom stereocenters. The highest BCUT2D eigenvalue weighted by atomic mass is 16.6. The smallest absolute Gasteiger partial charge is 0.373 e. The average Bonchev–Trinajstić information content (AvgIpc) is 2.59. The van der Waals surface area contributed by atoms with Gasteiger partial charge in [0.2, 0.25) is 5.76 Å². The molecule has 4 heteroatoms. The van der Waals surface area contributed by atoms with Gasteiger partial charge < -0.3 is 14.2 Å². The molecule has 2 aromatic carbocycles. The Balaban J connectivity index is 2.01. The van der Waals surface area contributed by atoms with E-state index < -0.39 is 5.97 Å². The monoisotopic (exact) mass is 298 g/mol. The molecule has 0 aliphatic heterocycles. The first-order valence-electron chi connectivity index (χ1n) is 6.83. The van der Waals surface area contributed by atoms with Crippen LogP contribution in [0.15, 0.2) is 60.4 Å². The Morgan fingerprint density at radius 3 is 2.23 bits per heavy atom. The standard InChI is InChI=1S/C18H18O4/c1-20-17(18(19)21-2)12-14-8-10-16(11-9-14)22-13-15-6-4-3-5-7-15/h3-12H,13H2,1-2H3/b17-12-. The van der Waals surface area contributed by atoms with Crippen molar-refractivity contribution in [2.24, 2.45) is 0 Å². The molecule has 0 heterocycles. The summed E-state index contributed by atoms with van der Waals surface area (Å²) in [6.45, 7) is 0.515. The Morgan fingerprint density at radius 2 is 1.64 bits per heavy atom. The number of rotatable bonds is 6. The highest BCUT2D eigenvalue weighted by Crippen LogP contribution is 2.16. The Bertz CT molecular complexity index is 630. The second kappa shape index (κ2) is 7.88. The van der Waals surface area contributed by atoms with Crippen LogP contribution in [-0.4, -0.2) is 20.2 Å². The van der Waals surface area contributed by atoms with E-state index in [9.17, 15) is 4.79 Å². The Hall–Kier alpha value is -2.75. The Kier molecular flexibility index (Phi) is 5.60. The van der Waals surface area contributed by atoms with Crippen LogP contribution in [-0.2, 0) is 20.9 Å². The van der Waals surface area contributed by atoms with Crippen LogP contribution >= 0.6 is 0 Å². The van der Waals surface area contributed by atoms with Gasteiger partial charge in [0.05, 0.1) is 14.2 Å². The zero-order chi connectivity index (χ0) is 15.8. The zero-order valence-corrected chi connectivity index (χ0v) is 12.6. The van der Waals surface area contributed by atoms with Gasteiger partial charge in [-0.25, -0.2) is 4.79 Å². The minimum atomic E-state index is -0.507. The molecule has 2 aromatic rings. The highest BCUT2D eigenvalue weighted by molar-refractivity contribution is 5.91. The lowest BCUT2D eigenvalue weighted by Gasteiger charge is -2.07. The van der Waals surface area contributed by atoms with E-state index >= 15 is 0 Å². The lowest BCUT2D eigenvalue weighted by molar-refractivity contribution is -0.139. The molecule has 0 saturated carbocycles. The minimum absolute atomic E-state index is 0.153. The first kappa shape index (κ1) is 15.6. The van der Waals surface area contributed by atoms with Gasteiger partial charge in [-0.1, -0.05) is 42.5 Å². The van der Waals surface area contributed by atoms with Crippen molar-refractivity contribution in [3.63, 3.8) is 0 Å². The minimum Gasteiger partial charge on any atom is -0.490 e. The van der Waals surface area contributed by atoms with Crippen molar-refractivity contribution >= 4 is 12.0 Å². The van der Waals surface area contributed by atoms with Gasteiger partial charge in [-0.2, -0.15) is 0 Å². The first-order chi connectivity index (χ1) is 10.7. The van der Waals surface area contributed by atoms with Crippen LogP contribution in [0.3, 0.4) is 0 Å². The predicted molar refractivity (Wildman–Crippen MR) is 84.2 cm³/mol. The summed E-state index contributed by atoms with van der Waals surface area (Å²) in [5.41, 5.74) is 1.94. The van der Waals surface area contributed by atoms with E-state index in [1.165, 1.54) is 14.2 Å². The van der Waals surface area contributed by atoms with Crippen molar-refractivity contribution < 1.29 is 19.0 Å². The van der Waals surface area contributed by atoms with Crippen LogP contribution in [0.4, 0.5) is 0 Å². The van der Waals surface area contributed by atoms with Crippen LogP contribution in [0.5, 0.6) is 5.75 Å². The summed E-state index contributed by atoms with van der Waals surface area (Å²) in [5.74, 6) is 0.408. The fraction of sp³-hybridized carbons (Fsp3) is 0.167. The third-order valence-corrected chi connectivity index (χ3v) is 3.03. The van der Waals surface area contributed by atoms with Crippen molar-refractivity contribution in [1.82, 2.24) is 0 Å². The number of ether oxygens (including phenoxy) is 3. The van der Waals surface area contributed by atoms with Crippen molar-refractivity contribution in [2.75, 3.05) is 14.2 Å². The fourth-order valence-electron chi connectivity index (χ4n) is 1.85. The molecule has 0 N–H and O–H groups in total. The Labute approximate surface area is 129 Å². The average molecular weight is 298 g/mol. The van der Waals surface area contributed by atoms with Crippen molar-refractivity contribution in [2.45, 2.75) is 6.61 Å². The summed E-state index contributed by atoms with van der Waals surface area (Å²) in [6.07, 6.45) is 1.62. The molecule has 0 aliphatic carbocycles. The van der Waals surface area contributed by atoms with Crippen LogP contribution < -0.4 is 4.74 Å². The lowest BCUT2D eigenvalue weighted by atomic mass is 10.2. The maximum atomic E-state index is 11.4. The van der Waals surface area contributed by atoms with Gasteiger partial charge in [0.1, 0.15) is 12.4 Å². The topological polar surface area (TPSA) is 44.8 Å². The van der Waals surface area contributed by atoms with Crippen LogP contribution in [0.2, 0.25) is 0 Å². The molecule has 0 fully saturated rings. The predicted octanol–water partition coefficient (Wildman–Crippen LogP) is 3.43. The molecular formula is C18H18O4. The third kappa shape index (κ3) is 4.38. The fourth-order valence-corrected chi connectivity index (χ4v) is 1.85. The number of hydrogen-bond acceptors (Lipinski definition) is 4. The van der Waals surface area contributed by atoms with Gasteiger partial charge in [-0.05, 0) is 29.3 Å². The highest BCUT2D eigenvalue weighted by Gasteiger charge is 2.09. The maximum Gasteiger partial charge on any atom is 0.373 e. The van der Waals surface area contributed by atoms with E-state index in [0.717, 1.165) is 16.9 Å². The molecule has 0 amide bonds. The van der Waals surface area contributed by atoms with Crippen molar-refractivity contribution in [3.8, 4) is 5.75 Å². The summed E-state index contributed by atoms with van der Waals surface area (Å²) >= 11 is 0. The van der Waals surface area contributed by atoms with E-state index in [0.29, 0.717) is 6.61 Å². The Morgan fingerprint density at radius 1 is 0.955 bits per heavy atom. The largest absolute Gasteiger partial charge is 0.490 e. The number of benzene rings is 2. The summed E-state index contributed by atoms with van der Waals surface area (Å²) in [6, 6.07) is 17.3. The van der Waals surface area contributed by atoms with Gasteiger partial charge in [0, 0.05) is 0 Å². The molecule has 22 heavy (non-hydrogen) atoms. The normalized spacial score (nSPS) is 10.9. The maximum absolute atomic E-state index is 11.4.